The molecule has 222 valence electrons. The van der Waals surface area contributed by atoms with Crippen LogP contribution >= 0.6 is 0 Å². The minimum atomic E-state index is -3.02. The summed E-state index contributed by atoms with van der Waals surface area (Å²) >= 11 is 0. The number of alkyl halides is 2. The molecule has 3 heterocycles. The number of imidazole rings is 1. The van der Waals surface area contributed by atoms with Gasteiger partial charge in [0.2, 0.25) is 5.16 Å². The smallest absolute Gasteiger partial charge is 0.487 e. The maximum absolute atomic E-state index is 13.6. The van der Waals surface area contributed by atoms with Crippen molar-refractivity contribution in [1.29, 1.82) is 0 Å². The standard InChI is InChI=1S/C27H32F2N4O7S/c1-18-21(30-11-8-23(18)39-17-27(2,28)29)16-41(36)24-31-20-6-4-5-7-22(20)33(24)25(34)32(3)12-15-38-26(35)40-19-9-13-37-14-10-19/h4-8,11,19H,9-10,12-17H2,1-3H3/t41-/m1/s1. The molecule has 1 atom stereocenters. The Kier molecular flexibility index (Phi) is 9.86. The van der Waals surface area contributed by atoms with Gasteiger partial charge in [0.05, 0.1) is 53.0 Å². The van der Waals surface area contributed by atoms with E-state index in [2.05, 4.69) is 9.97 Å². The number of fused-ring (bicyclic) bond motifs is 1. The number of carbonyl (C=O) groups is 2. The number of halogens is 2. The molecule has 0 spiro atoms. The molecule has 11 nitrogen and oxygen atoms in total. The van der Waals surface area contributed by atoms with E-state index in [9.17, 15) is 22.6 Å². The lowest BCUT2D eigenvalue weighted by Crippen LogP contribution is -2.35. The highest BCUT2D eigenvalue weighted by Gasteiger charge is 2.26. The topological polar surface area (TPSA) is 122 Å². The number of hydrogen-bond acceptors (Lipinski definition) is 9. The predicted octanol–water partition coefficient (Wildman–Crippen LogP) is 4.31. The normalized spacial score (nSPS) is 15.0. The molecular formula is C27H32F2N4O7S. The van der Waals surface area contributed by atoms with Gasteiger partial charge in [-0.2, -0.15) is 0 Å². The molecule has 4 rings (SSSR count). The number of pyridine rings is 1. The number of hydrogen-bond donors (Lipinski definition) is 0. The highest BCUT2D eigenvalue weighted by Crippen LogP contribution is 2.26. The van der Waals surface area contributed by atoms with Crippen LogP contribution in [0.5, 0.6) is 5.75 Å². The lowest BCUT2D eigenvalue weighted by atomic mass is 10.2. The van der Waals surface area contributed by atoms with Crippen molar-refractivity contribution in [3.63, 3.8) is 0 Å². The molecule has 0 aliphatic carbocycles. The van der Waals surface area contributed by atoms with Crippen LogP contribution in [0.2, 0.25) is 0 Å². The zero-order valence-corrected chi connectivity index (χ0v) is 23.8. The molecule has 41 heavy (non-hydrogen) atoms. The van der Waals surface area contributed by atoms with Gasteiger partial charge in [0.25, 0.3) is 5.92 Å². The van der Waals surface area contributed by atoms with Gasteiger partial charge in [0.15, 0.2) is 6.61 Å². The number of ether oxygens (including phenoxy) is 4. The number of aromatic nitrogens is 3. The van der Waals surface area contributed by atoms with Gasteiger partial charge in [0.1, 0.15) is 18.5 Å². The van der Waals surface area contributed by atoms with Crippen molar-refractivity contribution in [3.05, 3.63) is 47.8 Å². The summed E-state index contributed by atoms with van der Waals surface area (Å²) in [5, 5.41) is -0.00416. The summed E-state index contributed by atoms with van der Waals surface area (Å²) in [6.07, 6.45) is 1.51. The van der Waals surface area contributed by atoms with Crippen LogP contribution in [0.25, 0.3) is 11.0 Å². The Morgan fingerprint density at radius 1 is 1.22 bits per heavy atom. The fourth-order valence-corrected chi connectivity index (χ4v) is 5.34. The summed E-state index contributed by atoms with van der Waals surface area (Å²) in [4.78, 5) is 35.6. The van der Waals surface area contributed by atoms with Crippen LogP contribution in [-0.2, 0) is 30.8 Å². The predicted molar refractivity (Wildman–Crippen MR) is 145 cm³/mol. The fourth-order valence-electron chi connectivity index (χ4n) is 4.09. The third kappa shape index (κ3) is 7.97. The zero-order chi connectivity index (χ0) is 29.6. The molecule has 3 aromatic rings. The van der Waals surface area contributed by atoms with Crippen LogP contribution in [0.15, 0.2) is 41.7 Å². The molecule has 14 heteroatoms. The van der Waals surface area contributed by atoms with E-state index in [-0.39, 0.29) is 35.9 Å². The third-order valence-corrected chi connectivity index (χ3v) is 7.55. The van der Waals surface area contributed by atoms with E-state index in [4.69, 9.17) is 18.9 Å². The Labute approximate surface area is 238 Å². The van der Waals surface area contributed by atoms with E-state index < -0.39 is 35.5 Å². The monoisotopic (exact) mass is 594 g/mol. The first-order chi connectivity index (χ1) is 19.5. The number of benzene rings is 1. The summed E-state index contributed by atoms with van der Waals surface area (Å²) < 4.78 is 62.3. The first-order valence-corrected chi connectivity index (χ1v) is 14.3. The second-order valence-corrected chi connectivity index (χ2v) is 11.0. The van der Waals surface area contributed by atoms with Gasteiger partial charge in [-0.15, -0.1) is 0 Å². The second kappa shape index (κ2) is 13.3. The van der Waals surface area contributed by atoms with Gasteiger partial charge >= 0.3 is 12.2 Å². The largest absolute Gasteiger partial charge is 0.508 e. The molecule has 0 N–H and O–H groups in total. The van der Waals surface area contributed by atoms with Gasteiger partial charge in [0, 0.05) is 38.6 Å². The van der Waals surface area contributed by atoms with Crippen molar-refractivity contribution >= 4 is 34.0 Å². The Morgan fingerprint density at radius 2 is 1.95 bits per heavy atom. The Bertz CT molecular complexity index is 1410. The van der Waals surface area contributed by atoms with Gasteiger partial charge in [-0.3, -0.25) is 9.19 Å². The highest BCUT2D eigenvalue weighted by molar-refractivity contribution is 7.84. The molecule has 1 amide bonds. The molecule has 0 radical (unpaired) electrons. The van der Waals surface area contributed by atoms with Crippen molar-refractivity contribution in [2.24, 2.45) is 0 Å². The quantitative estimate of drug-likeness (QED) is 0.316. The molecule has 1 aliphatic rings. The molecule has 1 aromatic carbocycles. The Morgan fingerprint density at radius 3 is 2.68 bits per heavy atom. The molecule has 1 aliphatic heterocycles. The van der Waals surface area contributed by atoms with E-state index in [1.165, 1.54) is 28.8 Å². The van der Waals surface area contributed by atoms with Crippen molar-refractivity contribution in [2.75, 3.05) is 40.0 Å². The summed E-state index contributed by atoms with van der Waals surface area (Å²) in [6.45, 7) is 2.55. The molecule has 1 fully saturated rings. The van der Waals surface area contributed by atoms with Crippen LogP contribution in [-0.4, -0.2) is 87.9 Å². The minimum absolute atomic E-state index is 0.00416. The molecule has 0 bridgehead atoms. The maximum atomic E-state index is 13.6. The number of rotatable bonds is 10. The van der Waals surface area contributed by atoms with E-state index in [1.807, 2.05) is 0 Å². The number of amides is 1. The van der Waals surface area contributed by atoms with Gasteiger partial charge in [-0.05, 0) is 25.1 Å². The molecule has 2 aromatic heterocycles. The van der Waals surface area contributed by atoms with Crippen molar-refractivity contribution < 1.29 is 41.5 Å². The van der Waals surface area contributed by atoms with Crippen LogP contribution in [0, 0.1) is 6.92 Å². The van der Waals surface area contributed by atoms with E-state index in [0.717, 1.165) is 6.92 Å². The average molecular weight is 595 g/mol. The molecular weight excluding hydrogens is 562 g/mol. The Hall–Kier alpha value is -3.65. The highest BCUT2D eigenvalue weighted by atomic mass is 32.2. The molecule has 0 saturated carbocycles. The van der Waals surface area contributed by atoms with E-state index >= 15 is 0 Å². The van der Waals surface area contributed by atoms with Gasteiger partial charge in [-0.1, -0.05) is 12.1 Å². The van der Waals surface area contributed by atoms with E-state index in [0.29, 0.717) is 48.3 Å². The maximum Gasteiger partial charge on any atom is 0.508 e. The minimum Gasteiger partial charge on any atom is -0.487 e. The number of carbonyl (C=O) groups excluding carboxylic acids is 2. The SMILES string of the molecule is Cc1c(OCC(C)(F)F)ccnc1C[S@@](=O)c1nc2ccccc2n1C(=O)N(C)CCOC(=O)OC1CCOCC1. The Balaban J connectivity index is 1.46. The molecule has 0 unspecified atom stereocenters. The lowest BCUT2D eigenvalue weighted by Gasteiger charge is -2.22. The summed E-state index contributed by atoms with van der Waals surface area (Å²) in [6, 6.07) is 7.77. The van der Waals surface area contributed by atoms with Gasteiger partial charge in [-0.25, -0.2) is 27.9 Å². The number of nitrogens with zero attached hydrogens (tertiary/aromatic N) is 4. The first kappa shape index (κ1) is 30.3. The fraction of sp³-hybridized carbons (Fsp3) is 0.481. The van der Waals surface area contributed by atoms with E-state index in [1.54, 1.807) is 31.2 Å². The molecule has 1 saturated heterocycles. The summed E-state index contributed by atoms with van der Waals surface area (Å²) in [5.74, 6) is -2.95. The average Bonchev–Trinajstić information content (AvgIpc) is 3.33. The van der Waals surface area contributed by atoms with Crippen molar-refractivity contribution in [1.82, 2.24) is 19.4 Å². The van der Waals surface area contributed by atoms with Crippen LogP contribution in [0.3, 0.4) is 0 Å². The van der Waals surface area contributed by atoms with Gasteiger partial charge < -0.3 is 23.8 Å². The first-order valence-electron chi connectivity index (χ1n) is 13.0. The van der Waals surface area contributed by atoms with Crippen molar-refractivity contribution in [2.45, 2.75) is 49.6 Å². The summed E-state index contributed by atoms with van der Waals surface area (Å²) in [7, 11) is -0.329. The zero-order valence-electron chi connectivity index (χ0n) is 23.0. The van der Waals surface area contributed by atoms with Crippen molar-refractivity contribution in [3.8, 4) is 5.75 Å². The lowest BCUT2D eigenvalue weighted by molar-refractivity contribution is -0.0284. The number of likely N-dealkylation sites (N-methyl/N-ethyl adjacent to an activating group) is 1. The van der Waals surface area contributed by atoms with Crippen LogP contribution < -0.4 is 4.74 Å². The second-order valence-electron chi connectivity index (χ2n) is 9.68. The summed E-state index contributed by atoms with van der Waals surface area (Å²) in [5.41, 5.74) is 1.72. The third-order valence-electron chi connectivity index (χ3n) is 6.34. The number of para-hydroxylation sites is 2. The van der Waals surface area contributed by atoms with Crippen LogP contribution in [0.1, 0.15) is 31.0 Å². The van der Waals surface area contributed by atoms with Crippen LogP contribution in [0.4, 0.5) is 18.4 Å².